The fraction of sp³-hybridized carbons (Fsp3) is 0.188. The molecule has 0 aliphatic heterocycles. The lowest BCUT2D eigenvalue weighted by atomic mass is 10.2. The molecule has 0 unspecified atom stereocenters. The molecule has 120 valence electrons. The Balaban J connectivity index is 1.86. The van der Waals surface area contributed by atoms with E-state index in [-0.39, 0.29) is 24.6 Å². The molecule has 0 spiro atoms. The van der Waals surface area contributed by atoms with E-state index in [2.05, 4.69) is 5.32 Å². The third-order valence-electron chi connectivity index (χ3n) is 3.00. The molecule has 7 heteroatoms. The van der Waals surface area contributed by atoms with E-state index < -0.39 is 4.92 Å². The second-order valence-corrected chi connectivity index (χ2v) is 4.60. The fourth-order valence-corrected chi connectivity index (χ4v) is 1.91. The summed E-state index contributed by atoms with van der Waals surface area (Å²) in [6.07, 6.45) is 0.112. The highest BCUT2D eigenvalue weighted by Crippen LogP contribution is 2.25. The van der Waals surface area contributed by atoms with Crippen LogP contribution in [0.3, 0.4) is 0 Å². The van der Waals surface area contributed by atoms with E-state index >= 15 is 0 Å². The van der Waals surface area contributed by atoms with Gasteiger partial charge in [0, 0.05) is 17.8 Å². The molecule has 1 N–H and O–H groups in total. The van der Waals surface area contributed by atoms with E-state index in [4.69, 9.17) is 9.47 Å². The van der Waals surface area contributed by atoms with Gasteiger partial charge in [0.25, 0.3) is 5.69 Å². The van der Waals surface area contributed by atoms with E-state index in [1.54, 1.807) is 24.3 Å². The standard InChI is InChI=1S/C16H16N2O5/c1-22-14-7-2-3-8-15(14)23-10-9-16(19)17-12-5-4-6-13(11-12)18(20)21/h2-8,11H,9-10H2,1H3,(H,17,19). The third-order valence-corrected chi connectivity index (χ3v) is 3.00. The van der Waals surface area contributed by atoms with Gasteiger partial charge in [-0.25, -0.2) is 0 Å². The first-order chi connectivity index (χ1) is 11.1. The molecule has 2 rings (SSSR count). The zero-order valence-electron chi connectivity index (χ0n) is 12.5. The van der Waals surface area contributed by atoms with Crippen LogP contribution in [0.15, 0.2) is 48.5 Å². The van der Waals surface area contributed by atoms with Crippen molar-refractivity contribution in [3.05, 3.63) is 58.6 Å². The van der Waals surface area contributed by atoms with Gasteiger partial charge < -0.3 is 14.8 Å². The van der Waals surface area contributed by atoms with Crippen molar-refractivity contribution in [3.63, 3.8) is 0 Å². The molecule has 0 aromatic heterocycles. The molecule has 7 nitrogen and oxygen atoms in total. The monoisotopic (exact) mass is 316 g/mol. The number of nitrogens with zero attached hydrogens (tertiary/aromatic N) is 1. The van der Waals surface area contributed by atoms with Crippen LogP contribution in [0.25, 0.3) is 0 Å². The first kappa shape index (κ1) is 16.3. The number of nitro groups is 1. The number of carbonyl (C=O) groups is 1. The molecule has 0 heterocycles. The van der Waals surface area contributed by atoms with Crippen molar-refractivity contribution in [2.45, 2.75) is 6.42 Å². The van der Waals surface area contributed by atoms with Gasteiger partial charge in [-0.05, 0) is 18.2 Å². The molecule has 0 fully saturated rings. The van der Waals surface area contributed by atoms with Gasteiger partial charge in [-0.2, -0.15) is 0 Å². The first-order valence-electron chi connectivity index (χ1n) is 6.90. The Hall–Kier alpha value is -3.09. The number of non-ortho nitro benzene ring substituents is 1. The number of hydrogen-bond donors (Lipinski definition) is 1. The molecule has 23 heavy (non-hydrogen) atoms. The van der Waals surface area contributed by atoms with Crippen molar-refractivity contribution < 1.29 is 19.2 Å². The van der Waals surface area contributed by atoms with E-state index in [1.165, 1.54) is 25.3 Å². The predicted molar refractivity (Wildman–Crippen MR) is 84.8 cm³/mol. The number of rotatable bonds is 7. The average molecular weight is 316 g/mol. The van der Waals surface area contributed by atoms with Crippen molar-refractivity contribution in [2.75, 3.05) is 19.0 Å². The number of para-hydroxylation sites is 2. The van der Waals surface area contributed by atoms with Crippen LogP contribution < -0.4 is 14.8 Å². The summed E-state index contributed by atoms with van der Waals surface area (Å²) in [5.74, 6) is 0.852. The lowest BCUT2D eigenvalue weighted by molar-refractivity contribution is -0.384. The minimum absolute atomic E-state index is 0.0759. The zero-order chi connectivity index (χ0) is 16.7. The quantitative estimate of drug-likeness (QED) is 0.626. The van der Waals surface area contributed by atoms with Gasteiger partial charge in [0.1, 0.15) is 0 Å². The molecule has 0 aliphatic carbocycles. The molecule has 1 amide bonds. The molecule has 0 saturated carbocycles. The molecule has 0 radical (unpaired) electrons. The summed E-state index contributed by atoms with van der Waals surface area (Å²) in [6, 6.07) is 12.9. The van der Waals surface area contributed by atoms with Crippen molar-refractivity contribution in [3.8, 4) is 11.5 Å². The summed E-state index contributed by atoms with van der Waals surface area (Å²) in [5.41, 5.74) is 0.301. The summed E-state index contributed by atoms with van der Waals surface area (Å²) < 4.78 is 10.6. The number of nitro benzene ring substituents is 1. The average Bonchev–Trinajstić information content (AvgIpc) is 2.55. The minimum Gasteiger partial charge on any atom is -0.493 e. The predicted octanol–water partition coefficient (Wildman–Crippen LogP) is 3.01. The maximum absolute atomic E-state index is 11.8. The summed E-state index contributed by atoms with van der Waals surface area (Å²) in [4.78, 5) is 22.0. The van der Waals surface area contributed by atoms with E-state index in [0.29, 0.717) is 17.2 Å². The Morgan fingerprint density at radius 3 is 2.61 bits per heavy atom. The zero-order valence-corrected chi connectivity index (χ0v) is 12.5. The maximum Gasteiger partial charge on any atom is 0.271 e. The highest BCUT2D eigenvalue weighted by atomic mass is 16.6. The Labute approximate surface area is 133 Å². The molecule has 0 saturated heterocycles. The van der Waals surface area contributed by atoms with Gasteiger partial charge in [0.15, 0.2) is 11.5 Å². The summed E-state index contributed by atoms with van der Waals surface area (Å²) in [7, 11) is 1.54. The van der Waals surface area contributed by atoms with Crippen LogP contribution in [0.1, 0.15) is 6.42 Å². The number of ether oxygens (including phenoxy) is 2. The SMILES string of the molecule is COc1ccccc1OCCC(=O)Nc1cccc([N+](=O)[O-])c1. The van der Waals surface area contributed by atoms with Crippen LogP contribution in [0.2, 0.25) is 0 Å². The normalized spacial score (nSPS) is 9.96. The van der Waals surface area contributed by atoms with Crippen LogP contribution in [0.4, 0.5) is 11.4 Å². The highest BCUT2D eigenvalue weighted by molar-refractivity contribution is 5.91. The number of methoxy groups -OCH3 is 1. The Bertz CT molecular complexity index is 702. The molecule has 0 aliphatic rings. The molecule has 2 aromatic carbocycles. The molecular formula is C16H16N2O5. The smallest absolute Gasteiger partial charge is 0.271 e. The number of nitrogens with one attached hydrogen (secondary N) is 1. The summed E-state index contributed by atoms with van der Waals surface area (Å²) in [5, 5.41) is 13.3. The van der Waals surface area contributed by atoms with Gasteiger partial charge >= 0.3 is 0 Å². The highest BCUT2D eigenvalue weighted by Gasteiger charge is 2.09. The van der Waals surface area contributed by atoms with Gasteiger partial charge in [-0.15, -0.1) is 0 Å². The van der Waals surface area contributed by atoms with E-state index in [9.17, 15) is 14.9 Å². The van der Waals surface area contributed by atoms with Crippen LogP contribution in [0.5, 0.6) is 11.5 Å². The van der Waals surface area contributed by atoms with E-state index in [0.717, 1.165) is 0 Å². The number of hydrogen-bond acceptors (Lipinski definition) is 5. The largest absolute Gasteiger partial charge is 0.493 e. The summed E-state index contributed by atoms with van der Waals surface area (Å²) >= 11 is 0. The van der Waals surface area contributed by atoms with Crippen molar-refractivity contribution >= 4 is 17.3 Å². The van der Waals surface area contributed by atoms with Gasteiger partial charge in [-0.1, -0.05) is 18.2 Å². The topological polar surface area (TPSA) is 90.7 Å². The maximum atomic E-state index is 11.8. The van der Waals surface area contributed by atoms with E-state index in [1.807, 2.05) is 6.07 Å². The van der Waals surface area contributed by atoms with Crippen LogP contribution in [-0.2, 0) is 4.79 Å². The molecule has 0 bridgehead atoms. The lowest BCUT2D eigenvalue weighted by Crippen LogP contribution is -2.15. The van der Waals surface area contributed by atoms with Gasteiger partial charge in [0.05, 0.1) is 25.1 Å². The number of anilines is 1. The Morgan fingerprint density at radius 2 is 1.91 bits per heavy atom. The van der Waals surface area contributed by atoms with Gasteiger partial charge in [0.2, 0.25) is 5.91 Å². The lowest BCUT2D eigenvalue weighted by Gasteiger charge is -2.10. The Morgan fingerprint density at radius 1 is 1.17 bits per heavy atom. The van der Waals surface area contributed by atoms with Crippen LogP contribution in [-0.4, -0.2) is 24.5 Å². The van der Waals surface area contributed by atoms with Crippen molar-refractivity contribution in [1.29, 1.82) is 0 Å². The minimum atomic E-state index is -0.513. The first-order valence-corrected chi connectivity index (χ1v) is 6.90. The van der Waals surface area contributed by atoms with Gasteiger partial charge in [-0.3, -0.25) is 14.9 Å². The molecule has 2 aromatic rings. The number of benzene rings is 2. The number of carbonyl (C=O) groups excluding carboxylic acids is 1. The number of amides is 1. The molecule has 0 atom stereocenters. The third kappa shape index (κ3) is 4.70. The second kappa shape index (κ2) is 7.79. The van der Waals surface area contributed by atoms with Crippen LogP contribution in [0, 0.1) is 10.1 Å². The fourth-order valence-electron chi connectivity index (χ4n) is 1.91. The van der Waals surface area contributed by atoms with Crippen molar-refractivity contribution in [1.82, 2.24) is 0 Å². The molecular weight excluding hydrogens is 300 g/mol. The van der Waals surface area contributed by atoms with Crippen LogP contribution >= 0.6 is 0 Å². The van der Waals surface area contributed by atoms with Crippen molar-refractivity contribution in [2.24, 2.45) is 0 Å². The summed E-state index contributed by atoms with van der Waals surface area (Å²) in [6.45, 7) is 0.168. The second-order valence-electron chi connectivity index (χ2n) is 4.60. The Kier molecular flexibility index (Phi) is 5.51.